The van der Waals surface area contributed by atoms with Crippen LogP contribution < -0.4 is 5.73 Å². The van der Waals surface area contributed by atoms with E-state index in [-0.39, 0.29) is 0 Å². The highest BCUT2D eigenvalue weighted by Crippen LogP contribution is 2.19. The summed E-state index contributed by atoms with van der Waals surface area (Å²) in [5, 5.41) is 4.57. The van der Waals surface area contributed by atoms with Gasteiger partial charge >= 0.3 is 0 Å². The summed E-state index contributed by atoms with van der Waals surface area (Å²) in [5.41, 5.74) is 13.3. The minimum absolute atomic E-state index is 0.630. The monoisotopic (exact) mass is 257 g/mol. The number of hydrogen-bond donors (Lipinski definition) is 1. The van der Waals surface area contributed by atoms with Crippen molar-refractivity contribution in [2.45, 2.75) is 40.7 Å². The Morgan fingerprint density at radius 2 is 1.84 bits per heavy atom. The smallest absolute Gasteiger partial charge is 0.0631 e. The van der Waals surface area contributed by atoms with Gasteiger partial charge in [-0.05, 0) is 44.4 Å². The summed E-state index contributed by atoms with van der Waals surface area (Å²) in [6.45, 7) is 9.94. The molecule has 0 spiro atoms. The number of nitrogens with zero attached hydrogens (tertiary/aromatic N) is 2. The zero-order valence-corrected chi connectivity index (χ0v) is 12.3. The fourth-order valence-electron chi connectivity index (χ4n) is 2.45. The summed E-state index contributed by atoms with van der Waals surface area (Å²) in [7, 11) is 0. The lowest BCUT2D eigenvalue weighted by Crippen LogP contribution is -2.12. The van der Waals surface area contributed by atoms with Crippen LogP contribution in [-0.2, 0) is 13.0 Å². The minimum atomic E-state index is 0.630. The molecule has 0 fully saturated rings. The summed E-state index contributed by atoms with van der Waals surface area (Å²) < 4.78 is 2.02. The molecule has 3 heteroatoms. The lowest BCUT2D eigenvalue weighted by molar-refractivity contribution is 0.603. The summed E-state index contributed by atoms with van der Waals surface area (Å²) in [6, 6.07) is 6.68. The number of benzene rings is 1. The Morgan fingerprint density at radius 1 is 1.11 bits per heavy atom. The van der Waals surface area contributed by atoms with Gasteiger partial charge in [0.15, 0.2) is 0 Å². The van der Waals surface area contributed by atoms with Crippen molar-refractivity contribution < 1.29 is 0 Å². The zero-order chi connectivity index (χ0) is 14.0. The highest BCUT2D eigenvalue weighted by molar-refractivity contribution is 5.36. The van der Waals surface area contributed by atoms with Crippen LogP contribution in [0.5, 0.6) is 0 Å². The Morgan fingerprint density at radius 3 is 2.47 bits per heavy atom. The Balaban J connectivity index is 2.30. The van der Waals surface area contributed by atoms with Crippen molar-refractivity contribution >= 4 is 0 Å². The molecule has 1 heterocycles. The van der Waals surface area contributed by atoms with E-state index in [0.717, 1.165) is 18.7 Å². The van der Waals surface area contributed by atoms with Crippen LogP contribution in [0.2, 0.25) is 0 Å². The Bertz CT molecular complexity index is 582. The van der Waals surface area contributed by atoms with Crippen molar-refractivity contribution in [3.63, 3.8) is 0 Å². The van der Waals surface area contributed by atoms with Crippen molar-refractivity contribution in [3.8, 4) is 0 Å². The Kier molecular flexibility index (Phi) is 4.05. The maximum Gasteiger partial charge on any atom is 0.0631 e. The first kappa shape index (κ1) is 13.8. The van der Waals surface area contributed by atoms with Crippen molar-refractivity contribution in [1.82, 2.24) is 9.78 Å². The average molecular weight is 257 g/mol. The molecule has 0 unspecified atom stereocenters. The van der Waals surface area contributed by atoms with Crippen LogP contribution in [0.3, 0.4) is 0 Å². The Labute approximate surface area is 115 Å². The summed E-state index contributed by atoms with van der Waals surface area (Å²) in [6.07, 6.45) is 0.948. The quantitative estimate of drug-likeness (QED) is 0.915. The van der Waals surface area contributed by atoms with Gasteiger partial charge in [-0.25, -0.2) is 0 Å². The van der Waals surface area contributed by atoms with E-state index in [1.54, 1.807) is 0 Å². The first-order chi connectivity index (χ1) is 9.02. The number of hydrogen-bond acceptors (Lipinski definition) is 2. The molecule has 19 heavy (non-hydrogen) atoms. The Hall–Kier alpha value is -1.61. The maximum absolute atomic E-state index is 5.62. The molecule has 0 saturated heterocycles. The molecule has 0 aliphatic rings. The number of aryl methyl sites for hydroxylation is 3. The summed E-state index contributed by atoms with van der Waals surface area (Å²) in [4.78, 5) is 0. The lowest BCUT2D eigenvalue weighted by Gasteiger charge is -2.07. The highest BCUT2D eigenvalue weighted by Gasteiger charge is 2.11. The number of rotatable bonds is 4. The van der Waals surface area contributed by atoms with Crippen molar-refractivity contribution in [1.29, 1.82) is 0 Å². The number of nitrogens with two attached hydrogens (primary N) is 1. The van der Waals surface area contributed by atoms with E-state index in [9.17, 15) is 0 Å². The SMILES string of the molecule is Cc1ccc(Cc2c(C)nn(CCN)c2C)cc1C. The third-order valence-corrected chi connectivity index (χ3v) is 3.82. The predicted molar refractivity (Wildman–Crippen MR) is 79.5 cm³/mol. The van der Waals surface area contributed by atoms with Crippen LogP contribution in [0.4, 0.5) is 0 Å². The van der Waals surface area contributed by atoms with Gasteiger partial charge in [-0.2, -0.15) is 5.10 Å². The van der Waals surface area contributed by atoms with Crippen LogP contribution in [0.1, 0.15) is 33.6 Å². The first-order valence-corrected chi connectivity index (χ1v) is 6.82. The molecule has 0 aliphatic carbocycles. The summed E-state index contributed by atoms with van der Waals surface area (Å²) >= 11 is 0. The van der Waals surface area contributed by atoms with Crippen molar-refractivity contribution in [2.24, 2.45) is 5.73 Å². The molecule has 3 nitrogen and oxygen atoms in total. The minimum Gasteiger partial charge on any atom is -0.329 e. The van der Waals surface area contributed by atoms with E-state index in [1.165, 1.54) is 27.9 Å². The van der Waals surface area contributed by atoms with E-state index in [0.29, 0.717) is 6.54 Å². The fraction of sp³-hybridized carbons (Fsp3) is 0.438. The first-order valence-electron chi connectivity index (χ1n) is 6.82. The fourth-order valence-corrected chi connectivity index (χ4v) is 2.45. The van der Waals surface area contributed by atoms with Gasteiger partial charge in [0.25, 0.3) is 0 Å². The van der Waals surface area contributed by atoms with Gasteiger partial charge in [0.2, 0.25) is 0 Å². The molecule has 0 aliphatic heterocycles. The van der Waals surface area contributed by atoms with Gasteiger partial charge < -0.3 is 5.73 Å². The van der Waals surface area contributed by atoms with Gasteiger partial charge in [-0.15, -0.1) is 0 Å². The molecule has 2 aromatic rings. The molecule has 0 radical (unpaired) electrons. The topological polar surface area (TPSA) is 43.8 Å². The van der Waals surface area contributed by atoms with Gasteiger partial charge in [-0.3, -0.25) is 4.68 Å². The number of aromatic nitrogens is 2. The van der Waals surface area contributed by atoms with Crippen LogP contribution in [0, 0.1) is 27.7 Å². The second-order valence-electron chi connectivity index (χ2n) is 5.26. The third kappa shape index (κ3) is 2.87. The molecule has 1 aromatic carbocycles. The van der Waals surface area contributed by atoms with Crippen LogP contribution in [0.15, 0.2) is 18.2 Å². The molecule has 0 amide bonds. The molecule has 1 aromatic heterocycles. The van der Waals surface area contributed by atoms with Crippen LogP contribution >= 0.6 is 0 Å². The van der Waals surface area contributed by atoms with Gasteiger partial charge in [0.05, 0.1) is 12.2 Å². The largest absolute Gasteiger partial charge is 0.329 e. The average Bonchev–Trinajstić information content (AvgIpc) is 2.62. The van der Waals surface area contributed by atoms with E-state index in [2.05, 4.69) is 51.0 Å². The molecule has 102 valence electrons. The normalized spacial score (nSPS) is 11.0. The highest BCUT2D eigenvalue weighted by atomic mass is 15.3. The molecule has 0 saturated carbocycles. The second kappa shape index (κ2) is 5.57. The second-order valence-corrected chi connectivity index (χ2v) is 5.26. The standard InChI is InChI=1S/C16H23N3/c1-11-5-6-15(9-12(11)2)10-16-13(3)18-19(8-7-17)14(16)4/h5-6,9H,7-8,10,17H2,1-4H3. The van der Waals surface area contributed by atoms with Crippen LogP contribution in [0.25, 0.3) is 0 Å². The van der Waals surface area contributed by atoms with Gasteiger partial charge in [-0.1, -0.05) is 18.2 Å². The van der Waals surface area contributed by atoms with Crippen molar-refractivity contribution in [3.05, 3.63) is 51.8 Å². The zero-order valence-electron chi connectivity index (χ0n) is 12.3. The van der Waals surface area contributed by atoms with Crippen molar-refractivity contribution in [2.75, 3.05) is 6.54 Å². The molecular weight excluding hydrogens is 234 g/mol. The molecule has 0 bridgehead atoms. The predicted octanol–water partition coefficient (Wildman–Crippen LogP) is 2.67. The molecule has 0 atom stereocenters. The van der Waals surface area contributed by atoms with E-state index < -0.39 is 0 Å². The molecular formula is C16H23N3. The summed E-state index contributed by atoms with van der Waals surface area (Å²) in [5.74, 6) is 0. The lowest BCUT2D eigenvalue weighted by atomic mass is 9.99. The third-order valence-electron chi connectivity index (χ3n) is 3.82. The van der Waals surface area contributed by atoms with Gasteiger partial charge in [0, 0.05) is 24.2 Å². The van der Waals surface area contributed by atoms with E-state index >= 15 is 0 Å². The molecule has 2 rings (SSSR count). The van der Waals surface area contributed by atoms with E-state index in [1.807, 2.05) is 4.68 Å². The van der Waals surface area contributed by atoms with Gasteiger partial charge in [0.1, 0.15) is 0 Å². The maximum atomic E-state index is 5.62. The van der Waals surface area contributed by atoms with Crippen LogP contribution in [-0.4, -0.2) is 16.3 Å². The van der Waals surface area contributed by atoms with E-state index in [4.69, 9.17) is 5.73 Å². The molecule has 2 N–H and O–H groups in total.